The van der Waals surface area contributed by atoms with Gasteiger partial charge in [0.25, 0.3) is 0 Å². The summed E-state index contributed by atoms with van der Waals surface area (Å²) in [5.41, 5.74) is -0.243. The Balaban J connectivity index is 3.03. The number of aliphatic carboxylic acids is 1. The first-order valence-electron chi connectivity index (χ1n) is 6.36. The van der Waals surface area contributed by atoms with E-state index in [1.807, 2.05) is 6.92 Å². The Hall–Kier alpha value is -2.05. The second-order valence-electron chi connectivity index (χ2n) is 5.44. The Kier molecular flexibility index (Phi) is 4.75. The van der Waals surface area contributed by atoms with Gasteiger partial charge in [0.2, 0.25) is 0 Å². The number of aryl methyl sites for hydroxylation is 1. The fourth-order valence-corrected chi connectivity index (χ4v) is 1.75. The summed E-state index contributed by atoms with van der Waals surface area (Å²) in [6.07, 6.45) is 2.30. The summed E-state index contributed by atoms with van der Waals surface area (Å²) in [6.45, 7) is 7.62. The summed E-state index contributed by atoms with van der Waals surface area (Å²) in [6, 6.07) is -1.13. The van der Waals surface area contributed by atoms with Crippen molar-refractivity contribution < 1.29 is 19.4 Å². The molecule has 1 unspecified atom stereocenters. The second kappa shape index (κ2) is 5.94. The highest BCUT2D eigenvalue weighted by molar-refractivity contribution is 5.81. The molecule has 0 saturated heterocycles. The average molecular weight is 283 g/mol. The van der Waals surface area contributed by atoms with Crippen LogP contribution in [0.25, 0.3) is 0 Å². The van der Waals surface area contributed by atoms with Crippen LogP contribution in [0.1, 0.15) is 39.4 Å². The molecule has 1 aromatic heterocycles. The van der Waals surface area contributed by atoms with Crippen LogP contribution in [0.4, 0.5) is 4.79 Å². The molecule has 0 aliphatic rings. The number of ether oxygens (including phenoxy) is 1. The van der Waals surface area contributed by atoms with Crippen molar-refractivity contribution in [3.05, 3.63) is 18.2 Å². The third-order valence-electron chi connectivity index (χ3n) is 2.67. The van der Waals surface area contributed by atoms with Crippen molar-refractivity contribution in [3.63, 3.8) is 0 Å². The molecular weight excluding hydrogens is 262 g/mol. The lowest BCUT2D eigenvalue weighted by Crippen LogP contribution is -2.40. The molecule has 0 fully saturated rings. The number of carbonyl (C=O) groups excluding carboxylic acids is 1. The molecular formula is C13H21N3O4. The van der Waals surface area contributed by atoms with Gasteiger partial charge in [-0.15, -0.1) is 0 Å². The van der Waals surface area contributed by atoms with Gasteiger partial charge in [0.15, 0.2) is 6.04 Å². The Morgan fingerprint density at radius 2 is 2.10 bits per heavy atom. The van der Waals surface area contributed by atoms with E-state index in [1.54, 1.807) is 25.3 Å². The molecule has 112 valence electrons. The number of hydrogen-bond acceptors (Lipinski definition) is 4. The Bertz CT molecular complexity index is 490. The number of carboxylic acids is 1. The van der Waals surface area contributed by atoms with Gasteiger partial charge in [0.05, 0.1) is 18.2 Å². The number of amides is 1. The number of rotatable bonds is 4. The fourth-order valence-electron chi connectivity index (χ4n) is 1.75. The van der Waals surface area contributed by atoms with Crippen LogP contribution in [0, 0.1) is 0 Å². The molecule has 1 N–H and O–H groups in total. The van der Waals surface area contributed by atoms with Crippen LogP contribution in [0.5, 0.6) is 0 Å². The summed E-state index contributed by atoms with van der Waals surface area (Å²) in [5, 5.41) is 9.39. The van der Waals surface area contributed by atoms with E-state index >= 15 is 0 Å². The molecule has 0 bridgehead atoms. The molecule has 0 radical (unpaired) electrons. The zero-order chi connectivity index (χ0) is 15.5. The Labute approximate surface area is 118 Å². The van der Waals surface area contributed by atoms with E-state index in [-0.39, 0.29) is 0 Å². The van der Waals surface area contributed by atoms with E-state index in [2.05, 4.69) is 4.98 Å². The molecule has 1 heterocycles. The molecule has 1 amide bonds. The lowest BCUT2D eigenvalue weighted by molar-refractivity contribution is -0.143. The summed E-state index contributed by atoms with van der Waals surface area (Å²) in [4.78, 5) is 28.5. The number of carboxylic acid groups (broad SMARTS) is 1. The Morgan fingerprint density at radius 3 is 2.55 bits per heavy atom. The molecule has 1 rings (SSSR count). The summed E-state index contributed by atoms with van der Waals surface area (Å²) in [7, 11) is 1.40. The zero-order valence-corrected chi connectivity index (χ0v) is 12.5. The van der Waals surface area contributed by atoms with Gasteiger partial charge in [-0.3, -0.25) is 4.90 Å². The van der Waals surface area contributed by atoms with Crippen molar-refractivity contribution in [1.29, 1.82) is 0 Å². The smallest absolute Gasteiger partial charge is 0.411 e. The normalized spacial score (nSPS) is 12.8. The minimum Gasteiger partial charge on any atom is -0.479 e. The molecule has 1 aromatic rings. The minimum atomic E-state index is -1.13. The maximum Gasteiger partial charge on any atom is 0.411 e. The number of imidazole rings is 1. The van der Waals surface area contributed by atoms with E-state index in [1.165, 1.54) is 19.6 Å². The molecule has 0 spiro atoms. The minimum absolute atomic E-state index is 0.438. The van der Waals surface area contributed by atoms with Gasteiger partial charge in [-0.1, -0.05) is 0 Å². The van der Waals surface area contributed by atoms with Gasteiger partial charge >= 0.3 is 12.1 Å². The lowest BCUT2D eigenvalue weighted by atomic mass is 10.2. The van der Waals surface area contributed by atoms with E-state index in [0.29, 0.717) is 12.2 Å². The summed E-state index contributed by atoms with van der Waals surface area (Å²) in [5.74, 6) is -1.13. The van der Waals surface area contributed by atoms with Gasteiger partial charge in [0.1, 0.15) is 5.60 Å². The third-order valence-corrected chi connectivity index (χ3v) is 2.67. The van der Waals surface area contributed by atoms with Crippen LogP contribution in [-0.4, -0.2) is 44.3 Å². The highest BCUT2D eigenvalue weighted by Crippen LogP contribution is 2.22. The SMILES string of the molecule is CCn1cncc1C(C(=O)O)N(C)C(=O)OC(C)(C)C. The van der Waals surface area contributed by atoms with E-state index in [0.717, 1.165) is 4.90 Å². The number of aromatic nitrogens is 2. The zero-order valence-electron chi connectivity index (χ0n) is 12.5. The molecule has 7 nitrogen and oxygen atoms in total. The van der Waals surface area contributed by atoms with Gasteiger partial charge in [-0.25, -0.2) is 14.6 Å². The molecule has 0 aromatic carbocycles. The molecule has 1 atom stereocenters. The van der Waals surface area contributed by atoms with Crippen molar-refractivity contribution in [2.75, 3.05) is 7.05 Å². The fraction of sp³-hybridized carbons (Fsp3) is 0.615. The van der Waals surface area contributed by atoms with Crippen molar-refractivity contribution >= 4 is 12.1 Å². The second-order valence-corrected chi connectivity index (χ2v) is 5.44. The van der Waals surface area contributed by atoms with Crippen LogP contribution < -0.4 is 0 Å². The highest BCUT2D eigenvalue weighted by atomic mass is 16.6. The Morgan fingerprint density at radius 1 is 1.50 bits per heavy atom. The number of nitrogens with zero attached hydrogens (tertiary/aromatic N) is 3. The van der Waals surface area contributed by atoms with Gasteiger partial charge in [-0.2, -0.15) is 0 Å². The summed E-state index contributed by atoms with van der Waals surface area (Å²) >= 11 is 0. The third kappa shape index (κ3) is 3.72. The molecule has 0 aliphatic carbocycles. The number of hydrogen-bond donors (Lipinski definition) is 1. The lowest BCUT2D eigenvalue weighted by Gasteiger charge is -2.28. The standard InChI is InChI=1S/C13H21N3O4/c1-6-16-8-14-7-9(16)10(11(17)18)15(5)12(19)20-13(2,3)4/h7-8,10H,6H2,1-5H3,(H,17,18). The largest absolute Gasteiger partial charge is 0.479 e. The van der Waals surface area contributed by atoms with Crippen LogP contribution in [-0.2, 0) is 16.1 Å². The quantitative estimate of drug-likeness (QED) is 0.912. The first kappa shape index (κ1) is 16.0. The summed E-state index contributed by atoms with van der Waals surface area (Å²) < 4.78 is 6.88. The topological polar surface area (TPSA) is 84.7 Å². The van der Waals surface area contributed by atoms with E-state index in [9.17, 15) is 14.7 Å². The van der Waals surface area contributed by atoms with E-state index < -0.39 is 23.7 Å². The highest BCUT2D eigenvalue weighted by Gasteiger charge is 2.33. The maximum absolute atomic E-state index is 12.0. The van der Waals surface area contributed by atoms with Gasteiger partial charge < -0.3 is 14.4 Å². The predicted octanol–water partition coefficient (Wildman–Crippen LogP) is 1.90. The average Bonchev–Trinajstić information content (AvgIpc) is 2.74. The predicted molar refractivity (Wildman–Crippen MR) is 72.3 cm³/mol. The molecule has 0 saturated carbocycles. The van der Waals surface area contributed by atoms with E-state index in [4.69, 9.17) is 4.74 Å². The van der Waals surface area contributed by atoms with Crippen LogP contribution in [0.15, 0.2) is 12.5 Å². The van der Waals surface area contributed by atoms with Crippen molar-refractivity contribution in [2.24, 2.45) is 0 Å². The molecule has 7 heteroatoms. The first-order valence-corrected chi connectivity index (χ1v) is 6.36. The van der Waals surface area contributed by atoms with Crippen LogP contribution in [0.2, 0.25) is 0 Å². The monoisotopic (exact) mass is 283 g/mol. The van der Waals surface area contributed by atoms with Crippen LogP contribution in [0.3, 0.4) is 0 Å². The van der Waals surface area contributed by atoms with Crippen molar-refractivity contribution in [2.45, 2.75) is 45.9 Å². The van der Waals surface area contributed by atoms with Gasteiger partial charge in [-0.05, 0) is 27.7 Å². The van der Waals surface area contributed by atoms with Crippen molar-refractivity contribution in [1.82, 2.24) is 14.5 Å². The van der Waals surface area contributed by atoms with Gasteiger partial charge in [0, 0.05) is 13.6 Å². The molecule has 20 heavy (non-hydrogen) atoms. The number of carbonyl (C=O) groups is 2. The van der Waals surface area contributed by atoms with Crippen molar-refractivity contribution in [3.8, 4) is 0 Å². The molecule has 0 aliphatic heterocycles. The van der Waals surface area contributed by atoms with Crippen LogP contribution >= 0.6 is 0 Å². The number of likely N-dealkylation sites (N-methyl/N-ethyl adjacent to an activating group) is 1. The maximum atomic E-state index is 12.0. The first-order chi connectivity index (χ1) is 9.17.